The second-order valence-electron chi connectivity index (χ2n) is 9.47. The van der Waals surface area contributed by atoms with Gasteiger partial charge in [0.25, 0.3) is 0 Å². The molecule has 0 saturated heterocycles. The van der Waals surface area contributed by atoms with Crippen LogP contribution in [0.5, 0.6) is 0 Å². The summed E-state index contributed by atoms with van der Waals surface area (Å²) < 4.78 is 0. The molecule has 0 nitrogen and oxygen atoms in total. The third-order valence-electron chi connectivity index (χ3n) is 8.28. The molecule has 0 atom stereocenters. The highest BCUT2D eigenvalue weighted by Crippen LogP contribution is 2.61. The molecule has 1 aliphatic carbocycles. The van der Waals surface area contributed by atoms with Gasteiger partial charge in [0, 0.05) is 5.41 Å². The van der Waals surface area contributed by atoms with E-state index < -0.39 is 0 Å². The average molecular weight is 423 g/mol. The van der Waals surface area contributed by atoms with E-state index in [9.17, 15) is 0 Å². The van der Waals surface area contributed by atoms with Crippen LogP contribution in [0.25, 0.3) is 54.2 Å². The van der Waals surface area contributed by atoms with Gasteiger partial charge in [-0.2, -0.15) is 0 Å². The predicted octanol–water partition coefficient (Wildman–Crippen LogP) is 9.39. The second-order valence-corrected chi connectivity index (χ2v) is 9.47. The zero-order chi connectivity index (χ0) is 22.2. The summed E-state index contributed by atoms with van der Waals surface area (Å²) in [5.74, 6) is 0. The van der Waals surface area contributed by atoms with Gasteiger partial charge in [0.15, 0.2) is 0 Å². The molecule has 0 radical (unpaired) electrons. The van der Waals surface area contributed by atoms with E-state index in [0.29, 0.717) is 0 Å². The van der Waals surface area contributed by atoms with Crippen molar-refractivity contribution in [2.45, 2.75) is 32.1 Å². The van der Waals surface area contributed by atoms with Gasteiger partial charge < -0.3 is 0 Å². The zero-order valence-electron chi connectivity index (χ0n) is 19.2. The highest BCUT2D eigenvalue weighted by molar-refractivity contribution is 6.25. The van der Waals surface area contributed by atoms with Crippen LogP contribution >= 0.6 is 0 Å². The summed E-state index contributed by atoms with van der Waals surface area (Å²) in [6.07, 6.45) is 2.18. The maximum Gasteiger partial charge on any atom is 0.0222 e. The van der Waals surface area contributed by atoms with E-state index in [2.05, 4.69) is 111 Å². The van der Waals surface area contributed by atoms with Gasteiger partial charge in [-0.3, -0.25) is 0 Å². The van der Waals surface area contributed by atoms with Crippen LogP contribution in [0.4, 0.5) is 0 Å². The van der Waals surface area contributed by atoms with Crippen LogP contribution in [-0.4, -0.2) is 0 Å². The van der Waals surface area contributed by atoms with Crippen molar-refractivity contribution >= 4 is 43.1 Å². The fourth-order valence-corrected chi connectivity index (χ4v) is 6.88. The maximum atomic E-state index is 2.39. The van der Waals surface area contributed by atoms with Crippen LogP contribution < -0.4 is 0 Å². The van der Waals surface area contributed by atoms with Crippen LogP contribution in [0.1, 0.15) is 37.8 Å². The number of benzene rings is 6. The molecule has 158 valence electrons. The monoisotopic (exact) mass is 422 g/mol. The molecule has 1 aliphatic rings. The van der Waals surface area contributed by atoms with Gasteiger partial charge in [-0.1, -0.05) is 111 Å². The van der Waals surface area contributed by atoms with Crippen LogP contribution in [-0.2, 0) is 5.41 Å². The minimum Gasteiger partial charge on any atom is -0.0642 e. The van der Waals surface area contributed by atoms with Gasteiger partial charge in [-0.25, -0.2) is 0 Å². The Bertz CT molecular complexity index is 1600. The summed E-state index contributed by atoms with van der Waals surface area (Å²) in [5, 5.41) is 11.1. The molecule has 0 unspecified atom stereocenters. The van der Waals surface area contributed by atoms with Crippen molar-refractivity contribution in [2.24, 2.45) is 0 Å². The molecule has 0 fully saturated rings. The van der Waals surface area contributed by atoms with Gasteiger partial charge in [0.1, 0.15) is 0 Å². The Morgan fingerprint density at radius 3 is 1.00 bits per heavy atom. The van der Waals surface area contributed by atoms with Gasteiger partial charge >= 0.3 is 0 Å². The van der Waals surface area contributed by atoms with E-state index in [1.807, 2.05) is 0 Å². The summed E-state index contributed by atoms with van der Waals surface area (Å²) in [6.45, 7) is 4.77. The molecule has 0 amide bonds. The third kappa shape index (κ3) is 2.21. The molecule has 6 aromatic carbocycles. The number of fused-ring (bicyclic) bond motifs is 13. The normalized spacial score (nSPS) is 14.2. The van der Waals surface area contributed by atoms with E-state index >= 15 is 0 Å². The summed E-state index contributed by atoms with van der Waals surface area (Å²) >= 11 is 0. The minimum absolute atomic E-state index is 0.00205. The molecule has 0 bridgehead atoms. The fourth-order valence-electron chi connectivity index (χ4n) is 6.88. The zero-order valence-corrected chi connectivity index (χ0v) is 19.2. The Morgan fingerprint density at radius 1 is 0.394 bits per heavy atom. The molecular weight excluding hydrogens is 396 g/mol. The van der Waals surface area contributed by atoms with Gasteiger partial charge in [0.05, 0.1) is 0 Å². The number of rotatable bonds is 2. The van der Waals surface area contributed by atoms with Crippen molar-refractivity contribution in [2.75, 3.05) is 0 Å². The van der Waals surface area contributed by atoms with Crippen LogP contribution in [0.15, 0.2) is 97.1 Å². The van der Waals surface area contributed by atoms with Crippen LogP contribution in [0.2, 0.25) is 0 Å². The summed E-state index contributed by atoms with van der Waals surface area (Å²) in [5.41, 5.74) is 6.00. The molecule has 33 heavy (non-hydrogen) atoms. The summed E-state index contributed by atoms with van der Waals surface area (Å²) in [4.78, 5) is 0. The summed E-state index contributed by atoms with van der Waals surface area (Å²) in [6, 6.07) is 36.2. The second kappa shape index (κ2) is 6.68. The molecule has 0 heterocycles. The predicted molar refractivity (Wildman–Crippen MR) is 143 cm³/mol. The van der Waals surface area contributed by atoms with Crippen LogP contribution in [0.3, 0.4) is 0 Å². The van der Waals surface area contributed by atoms with Crippen molar-refractivity contribution in [3.63, 3.8) is 0 Å². The molecule has 0 aliphatic heterocycles. The van der Waals surface area contributed by atoms with E-state index in [1.54, 1.807) is 11.1 Å². The Hall–Kier alpha value is -3.64. The van der Waals surface area contributed by atoms with Crippen molar-refractivity contribution in [3.05, 3.63) is 108 Å². The average Bonchev–Trinajstić information content (AvgIpc) is 3.21. The lowest BCUT2D eigenvalue weighted by atomic mass is 9.70. The third-order valence-corrected chi connectivity index (χ3v) is 8.28. The Labute approximate surface area is 194 Å². The topological polar surface area (TPSA) is 0 Å². The molecule has 0 aromatic heterocycles. The lowest BCUT2D eigenvalue weighted by molar-refractivity contribution is 0.498. The highest BCUT2D eigenvalue weighted by Gasteiger charge is 2.44. The minimum atomic E-state index is -0.00205. The number of hydrogen-bond donors (Lipinski definition) is 0. The van der Waals surface area contributed by atoms with Crippen LogP contribution in [0, 0.1) is 0 Å². The van der Waals surface area contributed by atoms with Gasteiger partial charge in [-0.15, -0.1) is 0 Å². The Balaban J connectivity index is 1.87. The summed E-state index contributed by atoms with van der Waals surface area (Å²) in [7, 11) is 0. The van der Waals surface area contributed by atoms with E-state index in [1.165, 1.54) is 54.2 Å². The fraction of sp³-hybridized carbons (Fsp3) is 0.152. The molecule has 0 heteroatoms. The van der Waals surface area contributed by atoms with E-state index in [-0.39, 0.29) is 5.41 Å². The standard InChI is InChI=1S/C33H26/c1-3-33(4-2)31-27-19-11-7-15-23(27)21-13-5-9-17-25(21)29(31)30-26-18-10-6-14-22(26)24-16-8-12-20-28(24)32(30)33/h5-20H,3-4H2,1-2H3. The quantitative estimate of drug-likeness (QED) is 0.244. The SMILES string of the molecule is CCC1(CC)c2c(c3ccccc3c3ccccc23)-c2c1c1ccccc1c1ccccc21. The van der Waals surface area contributed by atoms with Crippen molar-refractivity contribution in [1.82, 2.24) is 0 Å². The van der Waals surface area contributed by atoms with Crippen molar-refractivity contribution < 1.29 is 0 Å². The molecule has 0 saturated carbocycles. The van der Waals surface area contributed by atoms with E-state index in [4.69, 9.17) is 0 Å². The Morgan fingerprint density at radius 2 is 0.667 bits per heavy atom. The first-order valence-electron chi connectivity index (χ1n) is 12.2. The highest BCUT2D eigenvalue weighted by atomic mass is 14.5. The maximum absolute atomic E-state index is 2.39. The molecule has 7 rings (SSSR count). The molecule has 6 aromatic rings. The van der Waals surface area contributed by atoms with Gasteiger partial charge in [0.2, 0.25) is 0 Å². The lowest BCUT2D eigenvalue weighted by Gasteiger charge is -2.32. The smallest absolute Gasteiger partial charge is 0.0222 e. The largest absolute Gasteiger partial charge is 0.0642 e. The molecular formula is C33H26. The first-order chi connectivity index (χ1) is 16.3. The first kappa shape index (κ1) is 18.9. The molecule has 0 spiro atoms. The molecule has 0 N–H and O–H groups in total. The number of hydrogen-bond acceptors (Lipinski definition) is 0. The van der Waals surface area contributed by atoms with Crippen molar-refractivity contribution in [1.29, 1.82) is 0 Å². The Kier molecular flexibility index (Phi) is 3.82. The lowest BCUT2D eigenvalue weighted by Crippen LogP contribution is -2.24. The van der Waals surface area contributed by atoms with Crippen molar-refractivity contribution in [3.8, 4) is 11.1 Å². The van der Waals surface area contributed by atoms with Gasteiger partial charge in [-0.05, 0) is 78.2 Å². The first-order valence-corrected chi connectivity index (χ1v) is 12.2. The van der Waals surface area contributed by atoms with E-state index in [0.717, 1.165) is 12.8 Å².